The number of nitrogens with zero attached hydrogens (tertiary/aromatic N) is 3. The quantitative estimate of drug-likeness (QED) is 0.629. The summed E-state index contributed by atoms with van der Waals surface area (Å²) in [5.74, 6) is 5.94. The summed E-state index contributed by atoms with van der Waals surface area (Å²) < 4.78 is 7.59. The zero-order valence-electron chi connectivity index (χ0n) is 17.8. The molecule has 3 aromatic rings. The Bertz CT molecular complexity index is 1170. The standard InChI is InChI=1S/C25H24N4O3/c1-2-7-23(30)28-15-6-8-19(16-28)29-17-22(25(26)31)24(27-29)18-11-13-21(14-12-18)32-20-9-4-3-5-10-20/h3-5,9-14,17,19H,6,8,15-16H2,1H3,(H2,26,31). The molecule has 0 spiro atoms. The molecule has 2 aromatic carbocycles. The fraction of sp³-hybridized carbons (Fsp3) is 0.240. The first-order valence-corrected chi connectivity index (χ1v) is 10.5. The summed E-state index contributed by atoms with van der Waals surface area (Å²) in [6.07, 6.45) is 3.37. The summed E-state index contributed by atoms with van der Waals surface area (Å²) in [5.41, 5.74) is 7.27. The number of carbonyl (C=O) groups is 2. The van der Waals surface area contributed by atoms with Gasteiger partial charge < -0.3 is 15.4 Å². The van der Waals surface area contributed by atoms with Crippen molar-refractivity contribution < 1.29 is 14.3 Å². The van der Waals surface area contributed by atoms with Crippen molar-refractivity contribution in [1.82, 2.24) is 14.7 Å². The number of aromatic nitrogens is 2. The molecule has 0 saturated carbocycles. The van der Waals surface area contributed by atoms with E-state index in [9.17, 15) is 9.59 Å². The number of rotatable bonds is 5. The smallest absolute Gasteiger partial charge is 0.298 e. The van der Waals surface area contributed by atoms with Crippen LogP contribution in [-0.4, -0.2) is 39.6 Å². The molecule has 1 aliphatic heterocycles. The molecule has 7 nitrogen and oxygen atoms in total. The molecule has 2 heterocycles. The van der Waals surface area contributed by atoms with E-state index in [0.29, 0.717) is 30.1 Å². The van der Waals surface area contributed by atoms with Gasteiger partial charge in [0.15, 0.2) is 0 Å². The normalized spacial score (nSPS) is 15.5. The van der Waals surface area contributed by atoms with Crippen LogP contribution in [0.25, 0.3) is 11.3 Å². The molecule has 2 N–H and O–H groups in total. The van der Waals surface area contributed by atoms with Gasteiger partial charge in [0.25, 0.3) is 11.8 Å². The van der Waals surface area contributed by atoms with E-state index in [1.54, 1.807) is 22.7 Å². The first-order valence-electron chi connectivity index (χ1n) is 10.5. The second-order valence-corrected chi connectivity index (χ2v) is 7.60. The largest absolute Gasteiger partial charge is 0.457 e. The highest BCUT2D eigenvalue weighted by molar-refractivity contribution is 5.98. The molecule has 1 aromatic heterocycles. The van der Waals surface area contributed by atoms with Crippen molar-refractivity contribution in [3.05, 3.63) is 66.4 Å². The molecule has 2 amide bonds. The number of piperidine rings is 1. The summed E-state index contributed by atoms with van der Waals surface area (Å²) >= 11 is 0. The van der Waals surface area contributed by atoms with Crippen LogP contribution in [0.2, 0.25) is 0 Å². The maximum Gasteiger partial charge on any atom is 0.298 e. The highest BCUT2D eigenvalue weighted by atomic mass is 16.5. The van der Waals surface area contributed by atoms with Gasteiger partial charge in [-0.05, 0) is 62.1 Å². The van der Waals surface area contributed by atoms with Crippen LogP contribution < -0.4 is 10.5 Å². The third-order valence-electron chi connectivity index (χ3n) is 5.39. The zero-order chi connectivity index (χ0) is 22.5. The molecule has 0 radical (unpaired) electrons. The Morgan fingerprint density at radius 3 is 2.50 bits per heavy atom. The molecule has 162 valence electrons. The van der Waals surface area contributed by atoms with E-state index >= 15 is 0 Å². The van der Waals surface area contributed by atoms with E-state index in [4.69, 9.17) is 10.5 Å². The van der Waals surface area contributed by atoms with E-state index in [2.05, 4.69) is 16.9 Å². The number of para-hydroxylation sites is 1. The van der Waals surface area contributed by atoms with E-state index < -0.39 is 5.91 Å². The molecule has 0 aliphatic carbocycles. The Kier molecular flexibility index (Phi) is 6.22. The third kappa shape index (κ3) is 4.65. The number of primary amides is 1. The lowest BCUT2D eigenvalue weighted by atomic mass is 10.1. The van der Waals surface area contributed by atoms with Crippen molar-refractivity contribution in [3.63, 3.8) is 0 Å². The fourth-order valence-corrected chi connectivity index (χ4v) is 3.82. The summed E-state index contributed by atoms with van der Waals surface area (Å²) in [6, 6.07) is 16.8. The Labute approximate surface area is 186 Å². The van der Waals surface area contributed by atoms with Crippen LogP contribution in [-0.2, 0) is 4.79 Å². The molecule has 1 fully saturated rings. The molecule has 1 atom stereocenters. The Hall–Kier alpha value is -4.05. The zero-order valence-corrected chi connectivity index (χ0v) is 17.8. The number of likely N-dealkylation sites (tertiary alicyclic amines) is 1. The van der Waals surface area contributed by atoms with Crippen LogP contribution in [0.4, 0.5) is 0 Å². The number of hydrogen-bond acceptors (Lipinski definition) is 4. The van der Waals surface area contributed by atoms with Crippen LogP contribution in [0.15, 0.2) is 60.8 Å². The van der Waals surface area contributed by atoms with Crippen molar-refractivity contribution in [2.45, 2.75) is 25.8 Å². The van der Waals surface area contributed by atoms with Crippen LogP contribution in [0, 0.1) is 11.8 Å². The predicted molar refractivity (Wildman–Crippen MR) is 121 cm³/mol. The first kappa shape index (κ1) is 21.2. The SMILES string of the molecule is CC#CC(=O)N1CCCC(n2cc(C(N)=O)c(-c3ccc(Oc4ccccc4)cc3)n2)C1. The molecule has 32 heavy (non-hydrogen) atoms. The molecule has 1 unspecified atom stereocenters. The van der Waals surface area contributed by atoms with Crippen molar-refractivity contribution in [1.29, 1.82) is 0 Å². The lowest BCUT2D eigenvalue weighted by molar-refractivity contribution is -0.126. The Morgan fingerprint density at radius 2 is 1.81 bits per heavy atom. The maximum absolute atomic E-state index is 12.2. The van der Waals surface area contributed by atoms with Gasteiger partial charge in [0.1, 0.15) is 17.2 Å². The molecule has 7 heteroatoms. The Balaban J connectivity index is 1.57. The van der Waals surface area contributed by atoms with Gasteiger partial charge in [-0.2, -0.15) is 5.10 Å². The van der Waals surface area contributed by atoms with Gasteiger partial charge in [-0.15, -0.1) is 0 Å². The summed E-state index contributed by atoms with van der Waals surface area (Å²) in [5, 5.41) is 4.68. The van der Waals surface area contributed by atoms with Crippen molar-refractivity contribution in [2.75, 3.05) is 13.1 Å². The van der Waals surface area contributed by atoms with Gasteiger partial charge in [-0.25, -0.2) is 0 Å². The fourth-order valence-electron chi connectivity index (χ4n) is 3.82. The van der Waals surface area contributed by atoms with Gasteiger partial charge in [0.2, 0.25) is 0 Å². The molecule has 1 saturated heterocycles. The van der Waals surface area contributed by atoms with Gasteiger partial charge in [0.05, 0.1) is 11.6 Å². The molecule has 1 aliphatic rings. The molecule has 0 bridgehead atoms. The van der Waals surface area contributed by atoms with E-state index in [1.165, 1.54) is 0 Å². The minimum absolute atomic E-state index is 0.0427. The summed E-state index contributed by atoms with van der Waals surface area (Å²) in [7, 11) is 0. The second-order valence-electron chi connectivity index (χ2n) is 7.60. The average Bonchev–Trinajstić information content (AvgIpc) is 3.27. The average molecular weight is 428 g/mol. The first-order chi connectivity index (χ1) is 15.5. The molecule has 4 rings (SSSR count). The van der Waals surface area contributed by atoms with E-state index in [-0.39, 0.29) is 11.9 Å². The van der Waals surface area contributed by atoms with Crippen LogP contribution >= 0.6 is 0 Å². The van der Waals surface area contributed by atoms with Crippen LogP contribution in [0.5, 0.6) is 11.5 Å². The van der Waals surface area contributed by atoms with Crippen molar-refractivity contribution in [2.24, 2.45) is 5.73 Å². The number of nitrogens with two attached hydrogens (primary N) is 1. The topological polar surface area (TPSA) is 90.5 Å². The number of benzene rings is 2. The van der Waals surface area contributed by atoms with E-state index in [1.807, 2.05) is 54.6 Å². The highest BCUT2D eigenvalue weighted by Gasteiger charge is 2.26. The van der Waals surface area contributed by atoms with Gasteiger partial charge in [0, 0.05) is 24.8 Å². The van der Waals surface area contributed by atoms with Crippen molar-refractivity contribution >= 4 is 11.8 Å². The maximum atomic E-state index is 12.2. The third-order valence-corrected chi connectivity index (χ3v) is 5.39. The van der Waals surface area contributed by atoms with Crippen molar-refractivity contribution in [3.8, 4) is 34.6 Å². The minimum atomic E-state index is -0.545. The Morgan fingerprint density at radius 1 is 1.09 bits per heavy atom. The summed E-state index contributed by atoms with van der Waals surface area (Å²) in [4.78, 5) is 26.0. The van der Waals surface area contributed by atoms with E-state index in [0.717, 1.165) is 24.2 Å². The minimum Gasteiger partial charge on any atom is -0.457 e. The molecular formula is C25H24N4O3. The monoisotopic (exact) mass is 428 g/mol. The lowest BCUT2D eigenvalue weighted by Gasteiger charge is -2.31. The number of amides is 2. The summed E-state index contributed by atoms with van der Waals surface area (Å²) in [6.45, 7) is 2.81. The van der Waals surface area contributed by atoms with Crippen LogP contribution in [0.3, 0.4) is 0 Å². The number of hydrogen-bond donors (Lipinski definition) is 1. The number of ether oxygens (including phenoxy) is 1. The van der Waals surface area contributed by atoms with Crippen LogP contribution in [0.1, 0.15) is 36.2 Å². The van der Waals surface area contributed by atoms with Gasteiger partial charge in [-0.3, -0.25) is 14.3 Å². The molecular weight excluding hydrogens is 404 g/mol. The van der Waals surface area contributed by atoms with Gasteiger partial charge in [-0.1, -0.05) is 24.1 Å². The predicted octanol–water partition coefficient (Wildman–Crippen LogP) is 3.63. The highest BCUT2D eigenvalue weighted by Crippen LogP contribution is 2.29. The second kappa shape index (κ2) is 9.40. The van der Waals surface area contributed by atoms with Gasteiger partial charge >= 0.3 is 0 Å². The number of carbonyl (C=O) groups excluding carboxylic acids is 2. The lowest BCUT2D eigenvalue weighted by Crippen LogP contribution is -2.40.